The van der Waals surface area contributed by atoms with Crippen LogP contribution in [0.15, 0.2) is 12.1 Å². The van der Waals surface area contributed by atoms with Gasteiger partial charge in [0, 0.05) is 0 Å². The molecule has 2 rings (SSSR count). The molecule has 0 spiro atoms. The number of amides is 2. The molecule has 23 heavy (non-hydrogen) atoms. The molecule has 0 aromatic heterocycles. The van der Waals surface area contributed by atoms with Crippen molar-refractivity contribution in [3.05, 3.63) is 17.7 Å². The molecule has 0 atom stereocenters. The van der Waals surface area contributed by atoms with E-state index in [1.807, 2.05) is 0 Å². The van der Waals surface area contributed by atoms with Gasteiger partial charge in [0.2, 0.25) is 11.7 Å². The van der Waals surface area contributed by atoms with E-state index in [2.05, 4.69) is 5.32 Å². The van der Waals surface area contributed by atoms with Gasteiger partial charge in [-0.2, -0.15) is 0 Å². The Morgan fingerprint density at radius 3 is 2.70 bits per heavy atom. The van der Waals surface area contributed by atoms with Crippen LogP contribution in [-0.4, -0.2) is 51.3 Å². The molecule has 2 amide bonds. The number of benzene rings is 1. The number of fused-ring (bicyclic) bond motifs is 1. The Kier molecular flexibility index (Phi) is 5.23. The number of nitrogens with one attached hydrogen (secondary N) is 1. The predicted octanol–water partition coefficient (Wildman–Crippen LogP) is -0.775. The minimum atomic E-state index is -0.741. The normalized spacial score (nSPS) is 12.2. The Balaban J connectivity index is 2.02. The summed E-state index contributed by atoms with van der Waals surface area (Å²) >= 11 is 0. The van der Waals surface area contributed by atoms with E-state index in [0.29, 0.717) is 30.5 Å². The Labute approximate surface area is 131 Å². The molecule has 9 nitrogen and oxygen atoms in total. The van der Waals surface area contributed by atoms with Crippen LogP contribution >= 0.6 is 0 Å². The van der Waals surface area contributed by atoms with Gasteiger partial charge in [-0.25, -0.2) is 4.79 Å². The SMILES string of the molecule is COc1cc(C(=O)OCC(=O)NCC(N)=O)cc2c1OCCO2. The van der Waals surface area contributed by atoms with Crippen LogP contribution in [0.4, 0.5) is 0 Å². The highest BCUT2D eigenvalue weighted by molar-refractivity contribution is 5.93. The first-order valence-corrected chi connectivity index (χ1v) is 6.71. The molecular formula is C14H16N2O7. The maximum absolute atomic E-state index is 12.0. The molecule has 0 bridgehead atoms. The first-order valence-electron chi connectivity index (χ1n) is 6.71. The summed E-state index contributed by atoms with van der Waals surface area (Å²) in [5.74, 6) is -0.972. The smallest absolute Gasteiger partial charge is 0.338 e. The maximum Gasteiger partial charge on any atom is 0.338 e. The number of hydrogen-bond donors (Lipinski definition) is 2. The lowest BCUT2D eigenvalue weighted by Crippen LogP contribution is -2.36. The molecule has 0 aliphatic carbocycles. The van der Waals surface area contributed by atoms with Gasteiger partial charge in [-0.05, 0) is 12.1 Å². The van der Waals surface area contributed by atoms with Crippen molar-refractivity contribution >= 4 is 17.8 Å². The quantitative estimate of drug-likeness (QED) is 0.658. The van der Waals surface area contributed by atoms with Crippen LogP contribution in [-0.2, 0) is 14.3 Å². The van der Waals surface area contributed by atoms with Crippen molar-refractivity contribution < 1.29 is 33.3 Å². The van der Waals surface area contributed by atoms with E-state index in [-0.39, 0.29) is 12.1 Å². The molecule has 9 heteroatoms. The third-order valence-corrected chi connectivity index (χ3v) is 2.86. The summed E-state index contributed by atoms with van der Waals surface area (Å²) in [6.07, 6.45) is 0. The number of nitrogens with two attached hydrogens (primary N) is 1. The summed E-state index contributed by atoms with van der Waals surface area (Å²) in [4.78, 5) is 33.9. The second kappa shape index (κ2) is 7.34. The van der Waals surface area contributed by atoms with Crippen molar-refractivity contribution in [2.45, 2.75) is 0 Å². The van der Waals surface area contributed by atoms with Gasteiger partial charge in [0.1, 0.15) is 13.2 Å². The van der Waals surface area contributed by atoms with E-state index in [1.165, 1.54) is 19.2 Å². The van der Waals surface area contributed by atoms with E-state index in [1.54, 1.807) is 0 Å². The number of rotatable bonds is 6. The number of carbonyl (C=O) groups is 3. The third kappa shape index (κ3) is 4.25. The molecule has 1 aliphatic heterocycles. The van der Waals surface area contributed by atoms with Crippen LogP contribution in [0.25, 0.3) is 0 Å². The summed E-state index contributed by atoms with van der Waals surface area (Å²) in [6, 6.07) is 2.87. The van der Waals surface area contributed by atoms with Gasteiger partial charge in [-0.3, -0.25) is 9.59 Å². The molecule has 1 heterocycles. The molecule has 0 unspecified atom stereocenters. The van der Waals surface area contributed by atoms with E-state index in [4.69, 9.17) is 24.7 Å². The highest BCUT2D eigenvalue weighted by Gasteiger charge is 2.22. The van der Waals surface area contributed by atoms with Crippen LogP contribution in [0.3, 0.4) is 0 Å². The zero-order chi connectivity index (χ0) is 16.8. The standard InChI is InChI=1S/C14H16N2O7/c1-20-9-4-8(5-10-13(9)22-3-2-21-10)14(19)23-7-12(18)16-6-11(15)17/h4-5H,2-3,6-7H2,1H3,(H2,15,17)(H,16,18). The predicted molar refractivity (Wildman–Crippen MR) is 76.5 cm³/mol. The number of ether oxygens (including phenoxy) is 4. The molecule has 1 aromatic rings. The molecule has 0 fully saturated rings. The summed E-state index contributed by atoms with van der Waals surface area (Å²) in [7, 11) is 1.43. The van der Waals surface area contributed by atoms with Gasteiger partial charge in [0.15, 0.2) is 18.1 Å². The summed E-state index contributed by atoms with van der Waals surface area (Å²) < 4.78 is 20.8. The van der Waals surface area contributed by atoms with Crippen molar-refractivity contribution in [2.24, 2.45) is 5.73 Å². The van der Waals surface area contributed by atoms with Gasteiger partial charge in [-0.1, -0.05) is 0 Å². The lowest BCUT2D eigenvalue weighted by atomic mass is 10.1. The van der Waals surface area contributed by atoms with Crippen molar-refractivity contribution in [1.29, 1.82) is 0 Å². The van der Waals surface area contributed by atoms with Crippen LogP contribution in [0.1, 0.15) is 10.4 Å². The van der Waals surface area contributed by atoms with E-state index in [9.17, 15) is 14.4 Å². The first kappa shape index (κ1) is 16.4. The maximum atomic E-state index is 12.0. The second-order valence-electron chi connectivity index (χ2n) is 4.52. The zero-order valence-corrected chi connectivity index (χ0v) is 12.4. The average Bonchev–Trinajstić information content (AvgIpc) is 2.56. The van der Waals surface area contributed by atoms with Gasteiger partial charge >= 0.3 is 5.97 Å². The molecule has 0 radical (unpaired) electrons. The number of primary amides is 1. The monoisotopic (exact) mass is 324 g/mol. The fourth-order valence-corrected chi connectivity index (χ4v) is 1.84. The van der Waals surface area contributed by atoms with Gasteiger partial charge < -0.3 is 30.0 Å². The van der Waals surface area contributed by atoms with Crippen LogP contribution in [0.5, 0.6) is 17.2 Å². The van der Waals surface area contributed by atoms with Crippen LogP contribution in [0, 0.1) is 0 Å². The van der Waals surface area contributed by atoms with Gasteiger partial charge in [0.25, 0.3) is 5.91 Å². The number of methoxy groups -OCH3 is 1. The summed E-state index contributed by atoms with van der Waals surface area (Å²) in [5.41, 5.74) is 5.03. The largest absolute Gasteiger partial charge is 0.493 e. The van der Waals surface area contributed by atoms with Gasteiger partial charge in [-0.15, -0.1) is 0 Å². The van der Waals surface area contributed by atoms with Crippen LogP contribution in [0.2, 0.25) is 0 Å². The Bertz CT molecular complexity index is 613. The minimum Gasteiger partial charge on any atom is -0.493 e. The first-order chi connectivity index (χ1) is 11.0. The summed E-state index contributed by atoms with van der Waals surface area (Å²) in [6.45, 7) is -0.130. The second-order valence-corrected chi connectivity index (χ2v) is 4.52. The molecular weight excluding hydrogens is 308 g/mol. The molecule has 1 aromatic carbocycles. The Hall–Kier alpha value is -2.97. The lowest BCUT2D eigenvalue weighted by Gasteiger charge is -2.21. The van der Waals surface area contributed by atoms with Crippen LogP contribution < -0.4 is 25.3 Å². The highest BCUT2D eigenvalue weighted by atomic mass is 16.6. The van der Waals surface area contributed by atoms with Crippen molar-refractivity contribution in [1.82, 2.24) is 5.32 Å². The van der Waals surface area contributed by atoms with Gasteiger partial charge in [0.05, 0.1) is 19.2 Å². The number of hydrogen-bond acceptors (Lipinski definition) is 7. The van der Waals surface area contributed by atoms with Crippen molar-refractivity contribution in [3.8, 4) is 17.2 Å². The Morgan fingerprint density at radius 1 is 1.26 bits per heavy atom. The molecule has 1 aliphatic rings. The highest BCUT2D eigenvalue weighted by Crippen LogP contribution is 2.40. The Morgan fingerprint density at radius 2 is 2.00 bits per heavy atom. The number of carbonyl (C=O) groups excluding carboxylic acids is 3. The van der Waals surface area contributed by atoms with E-state index >= 15 is 0 Å². The topological polar surface area (TPSA) is 126 Å². The molecule has 3 N–H and O–H groups in total. The lowest BCUT2D eigenvalue weighted by molar-refractivity contribution is -0.127. The minimum absolute atomic E-state index is 0.147. The zero-order valence-electron chi connectivity index (χ0n) is 12.4. The fraction of sp³-hybridized carbons (Fsp3) is 0.357. The third-order valence-electron chi connectivity index (χ3n) is 2.86. The number of esters is 1. The fourth-order valence-electron chi connectivity index (χ4n) is 1.84. The summed E-state index contributed by atoms with van der Waals surface area (Å²) in [5, 5.41) is 2.20. The molecule has 0 saturated heterocycles. The van der Waals surface area contributed by atoms with E-state index < -0.39 is 24.4 Å². The van der Waals surface area contributed by atoms with E-state index in [0.717, 1.165) is 0 Å². The average molecular weight is 324 g/mol. The van der Waals surface area contributed by atoms with Crippen molar-refractivity contribution in [2.75, 3.05) is 33.5 Å². The molecule has 124 valence electrons. The molecule has 0 saturated carbocycles. The van der Waals surface area contributed by atoms with Crippen molar-refractivity contribution in [3.63, 3.8) is 0 Å².